The Bertz CT molecular complexity index is 1080. The first-order chi connectivity index (χ1) is 17.4. The van der Waals surface area contributed by atoms with Crippen LogP contribution in [0.4, 0.5) is 5.69 Å². The molecule has 3 heterocycles. The number of amides is 1. The molecule has 0 saturated carbocycles. The standard InChI is InChI=1S/C25H35ClN8O2/c1-27-24(35)20-12-19(23(26)22(13-20)36-3)5-4-18-14-28-25(29-15-18)31-21-16-30-34(17-21)11-10-33-8-6-32(2)7-9-33/h12-18,25,31H,4-11H2,1-3H3,(H,27,35). The highest BCUT2D eigenvalue weighted by Gasteiger charge is 2.17. The van der Waals surface area contributed by atoms with Gasteiger partial charge in [-0.25, -0.2) is 0 Å². The summed E-state index contributed by atoms with van der Waals surface area (Å²) in [5.74, 6) is 0.399. The van der Waals surface area contributed by atoms with Gasteiger partial charge in [0.25, 0.3) is 5.91 Å². The van der Waals surface area contributed by atoms with Crippen LogP contribution in [0.2, 0.25) is 5.02 Å². The van der Waals surface area contributed by atoms with Gasteiger partial charge in [-0.3, -0.25) is 24.4 Å². The second-order valence-corrected chi connectivity index (χ2v) is 9.56. The first kappa shape index (κ1) is 26.1. The molecular weight excluding hydrogens is 480 g/mol. The van der Waals surface area contributed by atoms with Crippen LogP contribution in [0.5, 0.6) is 5.75 Å². The number of methoxy groups -OCH3 is 1. The molecule has 0 aliphatic carbocycles. The van der Waals surface area contributed by atoms with Gasteiger partial charge in [-0.05, 0) is 37.6 Å². The van der Waals surface area contributed by atoms with Crippen molar-refractivity contribution in [3.05, 3.63) is 40.7 Å². The van der Waals surface area contributed by atoms with Gasteiger partial charge in [0, 0.05) is 69.9 Å². The lowest BCUT2D eigenvalue weighted by atomic mass is 9.99. The van der Waals surface area contributed by atoms with Crippen molar-refractivity contribution in [3.63, 3.8) is 0 Å². The molecule has 1 aromatic carbocycles. The number of aromatic nitrogens is 2. The molecule has 10 nitrogen and oxygen atoms in total. The van der Waals surface area contributed by atoms with Crippen LogP contribution < -0.4 is 15.4 Å². The number of carbonyl (C=O) groups excluding carboxylic acids is 1. The lowest BCUT2D eigenvalue weighted by molar-refractivity contribution is 0.0962. The SMILES string of the molecule is CNC(=O)c1cc(CCC2C=NC(Nc3cnn(CCN4CCN(C)CC4)c3)N=C2)c(Cl)c(OC)c1. The molecule has 2 N–H and O–H groups in total. The van der Waals surface area contributed by atoms with Crippen molar-refractivity contribution in [1.29, 1.82) is 0 Å². The van der Waals surface area contributed by atoms with E-state index in [1.165, 1.54) is 0 Å². The van der Waals surface area contributed by atoms with Crippen LogP contribution in [0, 0.1) is 5.92 Å². The molecule has 0 bridgehead atoms. The molecule has 36 heavy (non-hydrogen) atoms. The van der Waals surface area contributed by atoms with Crippen molar-refractivity contribution in [1.82, 2.24) is 24.9 Å². The number of benzene rings is 1. The Kier molecular flexibility index (Phi) is 8.95. The minimum Gasteiger partial charge on any atom is -0.495 e. The first-order valence-corrected chi connectivity index (χ1v) is 12.7. The number of aryl methyl sites for hydroxylation is 1. The van der Waals surface area contributed by atoms with E-state index in [2.05, 4.69) is 42.6 Å². The van der Waals surface area contributed by atoms with Crippen LogP contribution in [0.3, 0.4) is 0 Å². The van der Waals surface area contributed by atoms with Gasteiger partial charge in [0.15, 0.2) is 0 Å². The molecule has 1 amide bonds. The van der Waals surface area contributed by atoms with Crippen molar-refractivity contribution in [2.45, 2.75) is 25.7 Å². The number of piperazine rings is 1. The second kappa shape index (κ2) is 12.3. The average molecular weight is 515 g/mol. The Morgan fingerprint density at radius 1 is 1.17 bits per heavy atom. The molecule has 2 aliphatic rings. The Balaban J connectivity index is 1.25. The van der Waals surface area contributed by atoms with Crippen molar-refractivity contribution in [2.75, 3.05) is 59.2 Å². The highest BCUT2D eigenvalue weighted by molar-refractivity contribution is 6.33. The summed E-state index contributed by atoms with van der Waals surface area (Å²) in [6, 6.07) is 3.46. The Hall–Kier alpha value is -2.95. The molecule has 0 spiro atoms. The van der Waals surface area contributed by atoms with Crippen LogP contribution >= 0.6 is 11.6 Å². The number of hydrogen-bond acceptors (Lipinski definition) is 8. The number of nitrogens with one attached hydrogen (secondary N) is 2. The Morgan fingerprint density at radius 2 is 1.92 bits per heavy atom. The number of likely N-dealkylation sites (N-methyl/N-ethyl adjacent to an activating group) is 1. The van der Waals surface area contributed by atoms with Gasteiger partial charge < -0.3 is 20.3 Å². The second-order valence-electron chi connectivity index (χ2n) is 9.18. The zero-order valence-corrected chi connectivity index (χ0v) is 21.9. The summed E-state index contributed by atoms with van der Waals surface area (Å²) in [6.45, 7) is 6.31. The molecular formula is C25H35ClN8O2. The minimum absolute atomic E-state index is 0.0834. The molecule has 0 unspecified atom stereocenters. The number of carbonyl (C=O) groups is 1. The fourth-order valence-corrected chi connectivity index (χ4v) is 4.57. The normalized spacial score (nSPS) is 20.4. The number of hydrogen-bond donors (Lipinski definition) is 2. The van der Waals surface area contributed by atoms with Gasteiger partial charge >= 0.3 is 0 Å². The maximum absolute atomic E-state index is 12.1. The number of rotatable bonds is 10. The van der Waals surface area contributed by atoms with Crippen LogP contribution in [-0.2, 0) is 13.0 Å². The summed E-state index contributed by atoms with van der Waals surface area (Å²) in [5, 5.41) is 10.9. The van der Waals surface area contributed by atoms with Crippen LogP contribution in [0.1, 0.15) is 22.3 Å². The van der Waals surface area contributed by atoms with E-state index in [1.54, 1.807) is 20.2 Å². The van der Waals surface area contributed by atoms with E-state index in [4.69, 9.17) is 16.3 Å². The number of aliphatic imine (C=N–C) groups is 2. The number of nitrogens with zero attached hydrogens (tertiary/aromatic N) is 6. The van der Waals surface area contributed by atoms with Crippen LogP contribution in [0.15, 0.2) is 34.5 Å². The zero-order chi connectivity index (χ0) is 25.5. The molecule has 1 saturated heterocycles. The number of ether oxygens (including phenoxy) is 1. The van der Waals surface area contributed by atoms with Gasteiger partial charge in [0.2, 0.25) is 6.29 Å². The lowest BCUT2D eigenvalue weighted by Gasteiger charge is -2.32. The van der Waals surface area contributed by atoms with Crippen molar-refractivity contribution < 1.29 is 9.53 Å². The molecule has 2 aromatic rings. The highest BCUT2D eigenvalue weighted by atomic mass is 35.5. The van der Waals surface area contributed by atoms with E-state index in [9.17, 15) is 4.79 Å². The highest BCUT2D eigenvalue weighted by Crippen LogP contribution is 2.31. The Labute approximate surface area is 217 Å². The molecule has 2 aliphatic heterocycles. The van der Waals surface area contributed by atoms with Gasteiger partial charge in [-0.2, -0.15) is 5.10 Å². The van der Waals surface area contributed by atoms with Crippen LogP contribution in [-0.4, -0.2) is 98.1 Å². The smallest absolute Gasteiger partial charge is 0.251 e. The van der Waals surface area contributed by atoms with Crippen molar-refractivity contribution in [2.24, 2.45) is 15.9 Å². The lowest BCUT2D eigenvalue weighted by Crippen LogP contribution is -2.45. The average Bonchev–Trinajstić information content (AvgIpc) is 3.35. The van der Waals surface area contributed by atoms with Gasteiger partial charge in [0.1, 0.15) is 5.75 Å². The first-order valence-electron chi connectivity index (χ1n) is 12.3. The number of anilines is 1. The molecule has 0 radical (unpaired) electrons. The maximum atomic E-state index is 12.1. The quantitative estimate of drug-likeness (QED) is 0.504. The van der Waals surface area contributed by atoms with E-state index in [1.807, 2.05) is 35.6 Å². The third-order valence-corrected chi connectivity index (χ3v) is 7.01. The molecule has 4 rings (SSSR count). The van der Waals surface area contributed by atoms with E-state index in [0.29, 0.717) is 22.8 Å². The van der Waals surface area contributed by atoms with Gasteiger partial charge in [-0.1, -0.05) is 11.6 Å². The summed E-state index contributed by atoms with van der Waals surface area (Å²) in [4.78, 5) is 26.1. The van der Waals surface area contributed by atoms with E-state index in [0.717, 1.165) is 56.9 Å². The van der Waals surface area contributed by atoms with Gasteiger partial charge in [0.05, 0.1) is 30.6 Å². The predicted molar refractivity (Wildman–Crippen MR) is 144 cm³/mol. The maximum Gasteiger partial charge on any atom is 0.251 e. The topological polar surface area (TPSA) is 99.4 Å². The number of halogens is 1. The molecule has 194 valence electrons. The summed E-state index contributed by atoms with van der Waals surface area (Å²) >= 11 is 6.49. The monoisotopic (exact) mass is 514 g/mol. The third kappa shape index (κ3) is 6.83. The minimum atomic E-state index is -0.364. The largest absolute Gasteiger partial charge is 0.495 e. The summed E-state index contributed by atoms with van der Waals surface area (Å²) in [7, 11) is 5.31. The fourth-order valence-electron chi connectivity index (χ4n) is 4.29. The molecule has 1 fully saturated rings. The third-order valence-electron chi connectivity index (χ3n) is 6.58. The fraction of sp³-hybridized carbons (Fsp3) is 0.520. The summed E-state index contributed by atoms with van der Waals surface area (Å²) in [5.41, 5.74) is 2.28. The molecule has 0 atom stereocenters. The molecule has 1 aromatic heterocycles. The van der Waals surface area contributed by atoms with E-state index in [-0.39, 0.29) is 18.1 Å². The van der Waals surface area contributed by atoms with Crippen LogP contribution in [0.25, 0.3) is 0 Å². The van der Waals surface area contributed by atoms with E-state index >= 15 is 0 Å². The Morgan fingerprint density at radius 3 is 2.61 bits per heavy atom. The van der Waals surface area contributed by atoms with Gasteiger partial charge in [-0.15, -0.1) is 0 Å². The van der Waals surface area contributed by atoms with E-state index < -0.39 is 0 Å². The zero-order valence-electron chi connectivity index (χ0n) is 21.2. The van der Waals surface area contributed by atoms with Crippen molar-refractivity contribution >= 4 is 35.6 Å². The molecule has 11 heteroatoms. The summed E-state index contributed by atoms with van der Waals surface area (Å²) in [6.07, 6.45) is 8.71. The summed E-state index contributed by atoms with van der Waals surface area (Å²) < 4.78 is 7.31. The van der Waals surface area contributed by atoms with Crippen molar-refractivity contribution in [3.8, 4) is 5.75 Å². The predicted octanol–water partition coefficient (Wildman–Crippen LogP) is 2.25.